The maximum absolute atomic E-state index is 14.1. The van der Waals surface area contributed by atoms with Crippen molar-refractivity contribution in [1.29, 1.82) is 0 Å². The van der Waals surface area contributed by atoms with Gasteiger partial charge in [-0.3, -0.25) is 13.9 Å². The number of hydrogen-bond acceptors (Lipinski definition) is 4. The normalized spacial score (nSPS) is 14.7. The number of anilines is 1. The van der Waals surface area contributed by atoms with Crippen LogP contribution in [0.4, 0.5) is 5.69 Å². The Bertz CT molecular complexity index is 1480. The van der Waals surface area contributed by atoms with Gasteiger partial charge in [-0.15, -0.1) is 0 Å². The van der Waals surface area contributed by atoms with Crippen molar-refractivity contribution in [2.75, 3.05) is 10.8 Å². The number of hydrogen-bond donors (Lipinski definition) is 1. The average molecular weight is 631 g/mol. The first-order valence-electron chi connectivity index (χ1n) is 14.3. The van der Waals surface area contributed by atoms with Crippen LogP contribution in [0.3, 0.4) is 0 Å². The van der Waals surface area contributed by atoms with E-state index in [9.17, 15) is 18.0 Å². The predicted octanol–water partition coefficient (Wildman–Crippen LogP) is 6.62. The molecule has 3 aromatic rings. The lowest BCUT2D eigenvalue weighted by atomic mass is 9.95. The van der Waals surface area contributed by atoms with Gasteiger partial charge in [-0.2, -0.15) is 0 Å². The van der Waals surface area contributed by atoms with Crippen LogP contribution in [0.15, 0.2) is 77.7 Å². The lowest BCUT2D eigenvalue weighted by molar-refractivity contribution is -0.139. The van der Waals surface area contributed by atoms with Crippen LogP contribution < -0.4 is 9.62 Å². The fourth-order valence-electron chi connectivity index (χ4n) is 5.13. The first kappa shape index (κ1) is 31.9. The summed E-state index contributed by atoms with van der Waals surface area (Å²) >= 11 is 12.4. The molecule has 1 aliphatic rings. The van der Waals surface area contributed by atoms with Crippen LogP contribution in [0.5, 0.6) is 0 Å². The molecule has 1 saturated carbocycles. The maximum Gasteiger partial charge on any atom is 0.264 e. The number of benzene rings is 3. The number of carbonyl (C=O) groups is 2. The van der Waals surface area contributed by atoms with Crippen LogP contribution in [0.1, 0.15) is 57.1 Å². The summed E-state index contributed by atoms with van der Waals surface area (Å²) in [4.78, 5) is 29.0. The molecule has 2 amide bonds. The van der Waals surface area contributed by atoms with E-state index in [1.807, 2.05) is 19.1 Å². The third kappa shape index (κ3) is 7.85. The molecule has 7 nitrogen and oxygen atoms in total. The van der Waals surface area contributed by atoms with Gasteiger partial charge in [0.05, 0.1) is 20.6 Å². The van der Waals surface area contributed by atoms with Crippen LogP contribution in [0.25, 0.3) is 0 Å². The van der Waals surface area contributed by atoms with Gasteiger partial charge >= 0.3 is 0 Å². The Hall–Kier alpha value is -3.07. The van der Waals surface area contributed by atoms with E-state index >= 15 is 0 Å². The van der Waals surface area contributed by atoms with Crippen LogP contribution in [-0.2, 0) is 32.6 Å². The summed E-state index contributed by atoms with van der Waals surface area (Å²) in [7, 11) is -4.11. The number of sulfonamides is 1. The summed E-state index contributed by atoms with van der Waals surface area (Å²) in [5.74, 6) is -0.800. The Morgan fingerprint density at radius 2 is 1.55 bits per heavy atom. The first-order chi connectivity index (χ1) is 20.1. The zero-order chi connectivity index (χ0) is 30.3. The first-order valence-corrected chi connectivity index (χ1v) is 16.5. The molecule has 0 radical (unpaired) electrons. The van der Waals surface area contributed by atoms with Gasteiger partial charge in [0.1, 0.15) is 12.6 Å². The zero-order valence-corrected chi connectivity index (χ0v) is 26.3. The van der Waals surface area contributed by atoms with Gasteiger partial charge < -0.3 is 10.2 Å². The summed E-state index contributed by atoms with van der Waals surface area (Å²) in [5.41, 5.74) is 2.06. The van der Waals surface area contributed by atoms with Crippen molar-refractivity contribution in [2.45, 2.75) is 75.9 Å². The SMILES string of the molecule is CCc1ccc(N(CC(=O)N(Cc2ccc(Cl)c(Cl)c2)[C@H](C)C(=O)NC2CCCCC2)S(=O)(=O)c2ccccc2)cc1. The molecule has 42 heavy (non-hydrogen) atoms. The molecule has 0 aromatic heterocycles. The molecule has 1 fully saturated rings. The molecule has 0 spiro atoms. The Morgan fingerprint density at radius 3 is 2.17 bits per heavy atom. The molecule has 1 N–H and O–H groups in total. The number of nitrogens with zero attached hydrogens (tertiary/aromatic N) is 2. The Balaban J connectivity index is 1.68. The number of amides is 2. The van der Waals surface area contributed by atoms with Gasteiger partial charge in [-0.25, -0.2) is 8.42 Å². The van der Waals surface area contributed by atoms with Gasteiger partial charge in [0, 0.05) is 12.6 Å². The largest absolute Gasteiger partial charge is 0.352 e. The number of rotatable bonds is 11. The molecule has 10 heteroatoms. The van der Waals surface area contributed by atoms with Gasteiger partial charge in [0.2, 0.25) is 11.8 Å². The van der Waals surface area contributed by atoms with Crippen molar-refractivity contribution in [3.05, 3.63) is 94.0 Å². The third-order valence-electron chi connectivity index (χ3n) is 7.70. The average Bonchev–Trinajstić information content (AvgIpc) is 3.00. The van der Waals surface area contributed by atoms with Crippen LogP contribution >= 0.6 is 23.2 Å². The lowest BCUT2D eigenvalue weighted by Crippen LogP contribution is -2.53. The smallest absolute Gasteiger partial charge is 0.264 e. The summed E-state index contributed by atoms with van der Waals surface area (Å²) in [6.45, 7) is 3.23. The fourth-order valence-corrected chi connectivity index (χ4v) is 6.89. The maximum atomic E-state index is 14.1. The highest BCUT2D eigenvalue weighted by Crippen LogP contribution is 2.27. The Kier molecular flexibility index (Phi) is 10.9. The highest BCUT2D eigenvalue weighted by molar-refractivity contribution is 7.92. The van der Waals surface area contributed by atoms with E-state index in [1.54, 1.807) is 55.5 Å². The van der Waals surface area contributed by atoms with Crippen molar-refractivity contribution < 1.29 is 18.0 Å². The third-order valence-corrected chi connectivity index (χ3v) is 10.2. The van der Waals surface area contributed by atoms with Crippen molar-refractivity contribution >= 4 is 50.7 Å². The second-order valence-corrected chi connectivity index (χ2v) is 13.3. The highest BCUT2D eigenvalue weighted by Gasteiger charge is 2.33. The minimum atomic E-state index is -4.11. The quantitative estimate of drug-likeness (QED) is 0.258. The van der Waals surface area contributed by atoms with Crippen molar-refractivity contribution in [2.24, 2.45) is 0 Å². The van der Waals surface area contributed by atoms with Crippen molar-refractivity contribution in [3.8, 4) is 0 Å². The van der Waals surface area contributed by atoms with Crippen LogP contribution in [0.2, 0.25) is 10.0 Å². The molecule has 0 unspecified atom stereocenters. The monoisotopic (exact) mass is 629 g/mol. The van der Waals surface area contributed by atoms with Crippen LogP contribution in [-0.4, -0.2) is 43.8 Å². The molecular formula is C32H37Cl2N3O4S. The summed E-state index contributed by atoms with van der Waals surface area (Å²) < 4.78 is 28.9. The number of nitrogens with one attached hydrogen (secondary N) is 1. The van der Waals surface area contributed by atoms with Crippen molar-refractivity contribution in [3.63, 3.8) is 0 Å². The molecule has 0 aliphatic heterocycles. The van der Waals surface area contributed by atoms with Gasteiger partial charge in [0.15, 0.2) is 0 Å². The van der Waals surface area contributed by atoms with Crippen molar-refractivity contribution in [1.82, 2.24) is 10.2 Å². The molecule has 0 heterocycles. The van der Waals surface area contributed by atoms with Gasteiger partial charge in [0.25, 0.3) is 10.0 Å². The van der Waals surface area contributed by atoms with Gasteiger partial charge in [-0.1, -0.05) is 85.8 Å². The Morgan fingerprint density at radius 1 is 0.905 bits per heavy atom. The molecule has 4 rings (SSSR count). The van der Waals surface area contributed by atoms with E-state index in [2.05, 4.69) is 5.32 Å². The standard InChI is InChI=1S/C32H37Cl2N3O4S/c1-3-24-14-17-27(18-15-24)37(42(40,41)28-12-8-5-9-13-28)22-31(38)36(21-25-16-19-29(33)30(34)20-25)23(2)32(39)35-26-10-6-4-7-11-26/h5,8-9,12-20,23,26H,3-4,6-7,10-11,21-22H2,1-2H3,(H,35,39)/t23-/m1/s1. The van der Waals surface area contributed by atoms with E-state index < -0.39 is 28.5 Å². The second kappa shape index (κ2) is 14.4. The topological polar surface area (TPSA) is 86.8 Å². The predicted molar refractivity (Wildman–Crippen MR) is 168 cm³/mol. The summed E-state index contributed by atoms with van der Waals surface area (Å²) in [6.07, 6.45) is 5.83. The molecule has 0 bridgehead atoms. The molecule has 0 saturated heterocycles. The zero-order valence-electron chi connectivity index (χ0n) is 23.9. The van der Waals surface area contributed by atoms with E-state index in [0.29, 0.717) is 21.3 Å². The highest BCUT2D eigenvalue weighted by atomic mass is 35.5. The van der Waals surface area contributed by atoms with Gasteiger partial charge in [-0.05, 0) is 73.7 Å². The lowest BCUT2D eigenvalue weighted by Gasteiger charge is -2.33. The van der Waals surface area contributed by atoms with E-state index in [-0.39, 0.29) is 23.4 Å². The Labute approximate surface area is 258 Å². The molecule has 3 aromatic carbocycles. The van der Waals surface area contributed by atoms with E-state index in [1.165, 1.54) is 17.0 Å². The molecular weight excluding hydrogens is 593 g/mol. The number of aryl methyl sites for hydroxylation is 1. The number of halogens is 2. The summed E-state index contributed by atoms with van der Waals surface area (Å²) in [5, 5.41) is 3.80. The van der Waals surface area contributed by atoms with E-state index in [0.717, 1.165) is 48.4 Å². The second-order valence-electron chi connectivity index (χ2n) is 10.6. The molecule has 1 atom stereocenters. The molecule has 1 aliphatic carbocycles. The number of carbonyl (C=O) groups excluding carboxylic acids is 2. The fraction of sp³-hybridized carbons (Fsp3) is 0.375. The summed E-state index contributed by atoms with van der Waals surface area (Å²) in [6, 6.07) is 19.3. The minimum absolute atomic E-state index is 0.0446. The van der Waals surface area contributed by atoms with Crippen LogP contribution in [0, 0.1) is 0 Å². The minimum Gasteiger partial charge on any atom is -0.352 e. The van der Waals surface area contributed by atoms with E-state index in [4.69, 9.17) is 23.2 Å². The molecule has 224 valence electrons.